The highest BCUT2D eigenvalue weighted by Gasteiger charge is 2.16. The van der Waals surface area contributed by atoms with E-state index < -0.39 is 0 Å². The van der Waals surface area contributed by atoms with E-state index in [1.165, 1.54) is 5.57 Å². The first-order valence-electron chi connectivity index (χ1n) is 6.15. The van der Waals surface area contributed by atoms with Crippen LogP contribution >= 0.6 is 0 Å². The first-order valence-corrected chi connectivity index (χ1v) is 6.15. The third-order valence-corrected chi connectivity index (χ3v) is 2.33. The average Bonchev–Trinajstić information content (AvgIpc) is 2.20. The summed E-state index contributed by atoms with van der Waals surface area (Å²) in [5, 5.41) is 3.54. The first-order chi connectivity index (χ1) is 7.15. The summed E-state index contributed by atoms with van der Waals surface area (Å²) >= 11 is 0. The second-order valence-corrected chi connectivity index (χ2v) is 4.13. The van der Waals surface area contributed by atoms with Gasteiger partial charge in [0.2, 0.25) is 0 Å². The molecule has 0 heterocycles. The van der Waals surface area contributed by atoms with Gasteiger partial charge >= 0.3 is 0 Å². The smallest absolute Gasteiger partial charge is 0.0761 e. The summed E-state index contributed by atoms with van der Waals surface area (Å²) in [6.45, 7) is 12.5. The molecule has 2 heteroatoms. The van der Waals surface area contributed by atoms with E-state index >= 15 is 0 Å². The molecule has 0 aromatic carbocycles. The highest BCUT2D eigenvalue weighted by atomic mass is 16.5. The number of allylic oxidation sites excluding steroid dienone is 1. The molecule has 0 aromatic rings. The van der Waals surface area contributed by atoms with Gasteiger partial charge in [-0.05, 0) is 40.2 Å². The van der Waals surface area contributed by atoms with Gasteiger partial charge in [0.25, 0.3) is 0 Å². The third kappa shape index (κ3) is 6.69. The Balaban J connectivity index is 4.35. The Morgan fingerprint density at radius 3 is 2.33 bits per heavy atom. The number of ether oxygens (including phenoxy) is 1. The molecule has 2 atom stereocenters. The van der Waals surface area contributed by atoms with Crippen molar-refractivity contribution in [2.45, 2.75) is 59.6 Å². The second kappa shape index (κ2) is 8.93. The zero-order chi connectivity index (χ0) is 11.7. The van der Waals surface area contributed by atoms with E-state index in [9.17, 15) is 0 Å². The van der Waals surface area contributed by atoms with Crippen molar-refractivity contribution in [3.8, 4) is 0 Å². The molecular weight excluding hydrogens is 186 g/mol. The Morgan fingerprint density at radius 2 is 1.93 bits per heavy atom. The molecule has 0 aromatic heterocycles. The fourth-order valence-electron chi connectivity index (χ4n) is 1.66. The van der Waals surface area contributed by atoms with Crippen molar-refractivity contribution >= 4 is 0 Å². The molecule has 0 amide bonds. The molecule has 0 aliphatic heterocycles. The fraction of sp³-hybridized carbons (Fsp3) is 0.846. The predicted molar refractivity (Wildman–Crippen MR) is 67.2 cm³/mol. The van der Waals surface area contributed by atoms with Crippen molar-refractivity contribution in [3.63, 3.8) is 0 Å². The third-order valence-electron chi connectivity index (χ3n) is 2.33. The second-order valence-electron chi connectivity index (χ2n) is 4.13. The van der Waals surface area contributed by atoms with Crippen LogP contribution in [0.4, 0.5) is 0 Å². The molecule has 15 heavy (non-hydrogen) atoms. The Bertz CT molecular complexity index is 173. The largest absolute Gasteiger partial charge is 0.377 e. The van der Waals surface area contributed by atoms with Gasteiger partial charge in [0, 0.05) is 6.61 Å². The average molecular weight is 213 g/mol. The predicted octanol–water partition coefficient (Wildman–Crippen LogP) is 3.14. The Kier molecular flexibility index (Phi) is 8.73. The molecule has 0 bridgehead atoms. The van der Waals surface area contributed by atoms with Gasteiger partial charge in [0.1, 0.15) is 0 Å². The first kappa shape index (κ1) is 14.7. The van der Waals surface area contributed by atoms with E-state index in [1.54, 1.807) is 0 Å². The van der Waals surface area contributed by atoms with Gasteiger partial charge in [0.15, 0.2) is 0 Å². The molecule has 0 fully saturated rings. The highest BCUT2D eigenvalue weighted by Crippen LogP contribution is 2.08. The van der Waals surface area contributed by atoms with E-state index in [0.717, 1.165) is 26.0 Å². The van der Waals surface area contributed by atoms with Gasteiger partial charge in [-0.1, -0.05) is 25.5 Å². The number of rotatable bonds is 8. The van der Waals surface area contributed by atoms with Crippen LogP contribution in [-0.2, 0) is 4.74 Å². The van der Waals surface area contributed by atoms with Gasteiger partial charge in [-0.3, -0.25) is 0 Å². The molecule has 0 radical (unpaired) electrons. The van der Waals surface area contributed by atoms with E-state index in [2.05, 4.69) is 46.0 Å². The van der Waals surface area contributed by atoms with Crippen LogP contribution in [0.3, 0.4) is 0 Å². The zero-order valence-electron chi connectivity index (χ0n) is 11.0. The van der Waals surface area contributed by atoms with Gasteiger partial charge in [0.05, 0.1) is 12.1 Å². The minimum Gasteiger partial charge on any atom is -0.377 e. The van der Waals surface area contributed by atoms with Crippen molar-refractivity contribution < 1.29 is 4.74 Å². The van der Waals surface area contributed by atoms with E-state index in [4.69, 9.17) is 4.74 Å². The summed E-state index contributed by atoms with van der Waals surface area (Å²) in [6, 6.07) is 0.361. The van der Waals surface area contributed by atoms with E-state index in [0.29, 0.717) is 12.1 Å². The summed E-state index contributed by atoms with van der Waals surface area (Å²) in [7, 11) is 0. The summed E-state index contributed by atoms with van der Waals surface area (Å²) in [4.78, 5) is 0. The molecular formula is C13H27NO. The van der Waals surface area contributed by atoms with Crippen molar-refractivity contribution in [1.82, 2.24) is 5.32 Å². The SMILES string of the molecule is CCCNC(C=C(C)C)C(CC)OCC. The lowest BCUT2D eigenvalue weighted by Gasteiger charge is -2.25. The highest BCUT2D eigenvalue weighted by molar-refractivity contribution is 5.03. The van der Waals surface area contributed by atoms with Crippen LogP contribution in [0.2, 0.25) is 0 Å². The summed E-state index contributed by atoms with van der Waals surface area (Å²) in [5.74, 6) is 0. The van der Waals surface area contributed by atoms with Gasteiger partial charge in [-0.2, -0.15) is 0 Å². The number of hydrogen-bond acceptors (Lipinski definition) is 2. The summed E-state index contributed by atoms with van der Waals surface area (Å²) < 4.78 is 5.74. The van der Waals surface area contributed by atoms with E-state index in [-0.39, 0.29) is 0 Å². The van der Waals surface area contributed by atoms with E-state index in [1.807, 2.05) is 0 Å². The standard InChI is InChI=1S/C13H27NO/c1-6-9-14-12(10-11(4)5)13(7-2)15-8-3/h10,12-14H,6-9H2,1-5H3. The normalized spacial score (nSPS) is 14.7. The molecule has 0 saturated carbocycles. The van der Waals surface area contributed by atoms with Crippen LogP contribution in [0.5, 0.6) is 0 Å². The van der Waals surface area contributed by atoms with Crippen molar-refractivity contribution in [2.75, 3.05) is 13.2 Å². The topological polar surface area (TPSA) is 21.3 Å². The van der Waals surface area contributed by atoms with Gasteiger partial charge in [-0.25, -0.2) is 0 Å². The monoisotopic (exact) mass is 213 g/mol. The lowest BCUT2D eigenvalue weighted by molar-refractivity contribution is 0.0432. The fourth-order valence-corrected chi connectivity index (χ4v) is 1.66. The Morgan fingerprint density at radius 1 is 1.27 bits per heavy atom. The van der Waals surface area contributed by atoms with Crippen molar-refractivity contribution in [1.29, 1.82) is 0 Å². The quantitative estimate of drug-likeness (QED) is 0.625. The molecule has 2 unspecified atom stereocenters. The van der Waals surface area contributed by atoms with Crippen LogP contribution in [0.1, 0.15) is 47.5 Å². The molecule has 1 N–H and O–H groups in total. The number of nitrogens with one attached hydrogen (secondary N) is 1. The lowest BCUT2D eigenvalue weighted by atomic mass is 10.1. The molecule has 0 spiro atoms. The molecule has 2 nitrogen and oxygen atoms in total. The van der Waals surface area contributed by atoms with Crippen LogP contribution < -0.4 is 5.32 Å². The van der Waals surface area contributed by atoms with Crippen LogP contribution in [0, 0.1) is 0 Å². The molecule has 0 aliphatic carbocycles. The molecule has 90 valence electrons. The van der Waals surface area contributed by atoms with Crippen LogP contribution in [0.25, 0.3) is 0 Å². The Hall–Kier alpha value is -0.340. The zero-order valence-corrected chi connectivity index (χ0v) is 11.0. The minimum atomic E-state index is 0.302. The maximum absolute atomic E-state index is 5.74. The number of hydrogen-bond donors (Lipinski definition) is 1. The lowest BCUT2D eigenvalue weighted by Crippen LogP contribution is -2.40. The Labute approximate surface area is 95.1 Å². The van der Waals surface area contributed by atoms with Crippen LogP contribution in [-0.4, -0.2) is 25.3 Å². The maximum atomic E-state index is 5.74. The van der Waals surface area contributed by atoms with Crippen LogP contribution in [0.15, 0.2) is 11.6 Å². The molecule has 0 saturated heterocycles. The van der Waals surface area contributed by atoms with Crippen molar-refractivity contribution in [3.05, 3.63) is 11.6 Å². The van der Waals surface area contributed by atoms with Crippen molar-refractivity contribution in [2.24, 2.45) is 0 Å². The molecule has 0 aliphatic rings. The molecule has 0 rings (SSSR count). The van der Waals surface area contributed by atoms with Gasteiger partial charge < -0.3 is 10.1 Å². The minimum absolute atomic E-state index is 0.302. The maximum Gasteiger partial charge on any atom is 0.0761 e. The van der Waals surface area contributed by atoms with Gasteiger partial charge in [-0.15, -0.1) is 0 Å². The summed E-state index contributed by atoms with van der Waals surface area (Å²) in [5.41, 5.74) is 1.35. The summed E-state index contributed by atoms with van der Waals surface area (Å²) in [6.07, 6.45) is 4.80.